The maximum absolute atomic E-state index is 6.05. The summed E-state index contributed by atoms with van der Waals surface area (Å²) in [6, 6.07) is 0. The van der Waals surface area contributed by atoms with Crippen molar-refractivity contribution in [2.75, 3.05) is 26.7 Å². The molecule has 2 aliphatic rings. The lowest BCUT2D eigenvalue weighted by Crippen LogP contribution is -2.49. The first-order chi connectivity index (χ1) is 7.69. The van der Waals surface area contributed by atoms with Crippen LogP contribution in [0.25, 0.3) is 0 Å². The first-order valence-corrected chi connectivity index (χ1v) is 5.69. The molecule has 0 unspecified atom stereocenters. The van der Waals surface area contributed by atoms with Gasteiger partial charge in [0.15, 0.2) is 11.5 Å². The van der Waals surface area contributed by atoms with E-state index in [1.165, 1.54) is 0 Å². The molecule has 16 heavy (non-hydrogen) atoms. The van der Waals surface area contributed by atoms with Gasteiger partial charge in [-0.25, -0.2) is 0 Å². The largest absolute Gasteiger partial charge is 0.486 e. The molecule has 0 aromatic heterocycles. The van der Waals surface area contributed by atoms with Gasteiger partial charge in [0.25, 0.3) is 0 Å². The van der Waals surface area contributed by atoms with Crippen LogP contribution in [-0.4, -0.2) is 37.2 Å². The van der Waals surface area contributed by atoms with E-state index in [4.69, 9.17) is 9.47 Å². The number of nitrogens with zero attached hydrogens (tertiary/aromatic N) is 1. The Morgan fingerprint density at radius 1 is 1.19 bits per heavy atom. The standard InChI is InChI=1S/C13H19NO2/c1-4-11-12(5-2)16-13(10-15-11)6-8-14(3)9-7-13/h4-5H,1-2,6-10H2,3H3. The highest BCUT2D eigenvalue weighted by Gasteiger charge is 2.40. The lowest BCUT2D eigenvalue weighted by Gasteiger charge is -2.43. The van der Waals surface area contributed by atoms with Gasteiger partial charge in [0.05, 0.1) is 0 Å². The molecule has 0 amide bonds. The highest BCUT2D eigenvalue weighted by Crippen LogP contribution is 2.34. The Bertz CT molecular complexity index is 325. The predicted molar refractivity (Wildman–Crippen MR) is 63.9 cm³/mol. The van der Waals surface area contributed by atoms with Crippen molar-refractivity contribution in [2.24, 2.45) is 0 Å². The summed E-state index contributed by atoms with van der Waals surface area (Å²) in [5.74, 6) is 1.44. The maximum Gasteiger partial charge on any atom is 0.161 e. The Balaban J connectivity index is 2.14. The van der Waals surface area contributed by atoms with E-state index >= 15 is 0 Å². The molecule has 0 aromatic rings. The predicted octanol–water partition coefficient (Wildman–Crippen LogP) is 2.08. The van der Waals surface area contributed by atoms with E-state index in [0.717, 1.165) is 31.7 Å². The Kier molecular flexibility index (Phi) is 3.06. The van der Waals surface area contributed by atoms with Crippen LogP contribution in [0.4, 0.5) is 0 Å². The molecule has 0 aromatic carbocycles. The highest BCUT2D eigenvalue weighted by atomic mass is 16.6. The summed E-state index contributed by atoms with van der Waals surface area (Å²) in [6.45, 7) is 10.2. The van der Waals surface area contributed by atoms with Crippen LogP contribution >= 0.6 is 0 Å². The molecule has 0 saturated carbocycles. The van der Waals surface area contributed by atoms with Gasteiger partial charge in [-0.2, -0.15) is 0 Å². The average molecular weight is 221 g/mol. The van der Waals surface area contributed by atoms with Gasteiger partial charge in [0.2, 0.25) is 0 Å². The third kappa shape index (κ3) is 2.00. The summed E-state index contributed by atoms with van der Waals surface area (Å²) in [5, 5.41) is 0. The number of hydrogen-bond donors (Lipinski definition) is 0. The Morgan fingerprint density at radius 3 is 2.38 bits per heavy atom. The molecule has 1 saturated heterocycles. The van der Waals surface area contributed by atoms with E-state index in [2.05, 4.69) is 25.1 Å². The highest BCUT2D eigenvalue weighted by molar-refractivity contribution is 5.24. The van der Waals surface area contributed by atoms with Gasteiger partial charge in [-0.1, -0.05) is 13.2 Å². The molecule has 2 heterocycles. The number of likely N-dealkylation sites (tertiary alicyclic amines) is 1. The normalized spacial score (nSPS) is 24.8. The summed E-state index contributed by atoms with van der Waals surface area (Å²) in [5.41, 5.74) is -0.150. The van der Waals surface area contributed by atoms with E-state index in [-0.39, 0.29) is 5.60 Å². The SMILES string of the molecule is C=CC1=C(C=C)OC2(CCN(C)CC2)CO1. The number of piperidine rings is 1. The van der Waals surface area contributed by atoms with Crippen LogP contribution in [0, 0.1) is 0 Å². The summed E-state index contributed by atoms with van der Waals surface area (Å²) >= 11 is 0. The van der Waals surface area contributed by atoms with Gasteiger partial charge in [0.1, 0.15) is 12.2 Å². The van der Waals surface area contributed by atoms with Crippen molar-refractivity contribution in [3.8, 4) is 0 Å². The molecule has 2 aliphatic heterocycles. The summed E-state index contributed by atoms with van der Waals surface area (Å²) in [7, 11) is 2.13. The van der Waals surface area contributed by atoms with Crippen molar-refractivity contribution in [1.29, 1.82) is 0 Å². The topological polar surface area (TPSA) is 21.7 Å². The molecule has 88 valence electrons. The summed E-state index contributed by atoms with van der Waals surface area (Å²) in [4.78, 5) is 2.31. The first-order valence-electron chi connectivity index (χ1n) is 5.69. The Labute approximate surface area is 97.0 Å². The second-order valence-electron chi connectivity index (χ2n) is 4.51. The number of ether oxygens (including phenoxy) is 2. The number of allylic oxidation sites excluding steroid dienone is 2. The molecule has 1 fully saturated rings. The molecule has 3 heteroatoms. The zero-order chi connectivity index (χ0) is 11.6. The average Bonchev–Trinajstić information content (AvgIpc) is 2.33. The quantitative estimate of drug-likeness (QED) is 0.712. The minimum absolute atomic E-state index is 0.150. The lowest BCUT2D eigenvalue weighted by atomic mass is 9.91. The molecule has 1 spiro atoms. The minimum atomic E-state index is -0.150. The van der Waals surface area contributed by atoms with Crippen molar-refractivity contribution >= 4 is 0 Å². The molecule has 3 nitrogen and oxygen atoms in total. The van der Waals surface area contributed by atoms with Gasteiger partial charge < -0.3 is 14.4 Å². The van der Waals surface area contributed by atoms with Gasteiger partial charge in [-0.15, -0.1) is 0 Å². The van der Waals surface area contributed by atoms with Crippen LogP contribution in [0.3, 0.4) is 0 Å². The Hall–Kier alpha value is -1.22. The third-order valence-electron chi connectivity index (χ3n) is 3.33. The molecule has 0 aliphatic carbocycles. The zero-order valence-corrected chi connectivity index (χ0v) is 9.87. The maximum atomic E-state index is 6.05. The lowest BCUT2D eigenvalue weighted by molar-refractivity contribution is -0.106. The molecule has 0 N–H and O–H groups in total. The van der Waals surface area contributed by atoms with Crippen LogP contribution in [0.5, 0.6) is 0 Å². The van der Waals surface area contributed by atoms with Crippen LogP contribution in [0.15, 0.2) is 36.8 Å². The number of rotatable bonds is 2. The van der Waals surface area contributed by atoms with Gasteiger partial charge >= 0.3 is 0 Å². The van der Waals surface area contributed by atoms with E-state index in [0.29, 0.717) is 12.4 Å². The molecule has 2 rings (SSSR count). The van der Waals surface area contributed by atoms with Crippen molar-refractivity contribution in [1.82, 2.24) is 4.90 Å². The molecular weight excluding hydrogens is 202 g/mol. The minimum Gasteiger partial charge on any atom is -0.486 e. The van der Waals surface area contributed by atoms with E-state index in [1.807, 2.05) is 0 Å². The van der Waals surface area contributed by atoms with E-state index < -0.39 is 0 Å². The molecular formula is C13H19NO2. The zero-order valence-electron chi connectivity index (χ0n) is 9.87. The van der Waals surface area contributed by atoms with Crippen molar-refractivity contribution in [3.63, 3.8) is 0 Å². The summed E-state index contributed by atoms with van der Waals surface area (Å²) < 4.78 is 11.8. The van der Waals surface area contributed by atoms with Gasteiger partial charge in [-0.05, 0) is 19.2 Å². The smallest absolute Gasteiger partial charge is 0.161 e. The van der Waals surface area contributed by atoms with E-state index in [1.54, 1.807) is 12.2 Å². The van der Waals surface area contributed by atoms with E-state index in [9.17, 15) is 0 Å². The Morgan fingerprint density at radius 2 is 1.81 bits per heavy atom. The molecule has 0 atom stereocenters. The fraction of sp³-hybridized carbons (Fsp3) is 0.538. The van der Waals surface area contributed by atoms with Crippen LogP contribution in [0.2, 0.25) is 0 Å². The van der Waals surface area contributed by atoms with Gasteiger partial charge in [-0.3, -0.25) is 0 Å². The van der Waals surface area contributed by atoms with Crippen LogP contribution in [-0.2, 0) is 9.47 Å². The fourth-order valence-corrected chi connectivity index (χ4v) is 2.17. The van der Waals surface area contributed by atoms with Crippen LogP contribution < -0.4 is 0 Å². The second-order valence-corrected chi connectivity index (χ2v) is 4.51. The molecule has 0 bridgehead atoms. The van der Waals surface area contributed by atoms with Crippen molar-refractivity contribution in [2.45, 2.75) is 18.4 Å². The van der Waals surface area contributed by atoms with Crippen molar-refractivity contribution in [3.05, 3.63) is 36.8 Å². The van der Waals surface area contributed by atoms with Gasteiger partial charge in [0, 0.05) is 25.9 Å². The monoisotopic (exact) mass is 221 g/mol. The molecule has 0 radical (unpaired) electrons. The third-order valence-corrected chi connectivity index (χ3v) is 3.33. The van der Waals surface area contributed by atoms with Crippen LogP contribution in [0.1, 0.15) is 12.8 Å². The number of hydrogen-bond acceptors (Lipinski definition) is 3. The van der Waals surface area contributed by atoms with Crippen molar-refractivity contribution < 1.29 is 9.47 Å². The fourth-order valence-electron chi connectivity index (χ4n) is 2.17. The first kappa shape index (κ1) is 11.3. The summed E-state index contributed by atoms with van der Waals surface area (Å²) in [6.07, 6.45) is 5.39. The second kappa shape index (κ2) is 4.34.